The zero-order valence-electron chi connectivity index (χ0n) is 17.1. The van der Waals surface area contributed by atoms with Crippen LogP contribution in [-0.4, -0.2) is 31.1 Å². The number of barbiturate groups is 1. The molecule has 162 valence electrons. The third-order valence-electron chi connectivity index (χ3n) is 4.64. The van der Waals surface area contributed by atoms with Crippen LogP contribution in [0.25, 0.3) is 6.08 Å². The van der Waals surface area contributed by atoms with E-state index in [4.69, 9.17) is 32.7 Å². The molecular formula is C22H20Cl2N2O5. The highest BCUT2D eigenvalue weighted by Crippen LogP contribution is 2.38. The Hall–Kier alpha value is -3.03. The van der Waals surface area contributed by atoms with Crippen molar-refractivity contribution in [3.8, 4) is 11.5 Å². The predicted molar refractivity (Wildman–Crippen MR) is 119 cm³/mol. The number of methoxy groups -OCH3 is 1. The van der Waals surface area contributed by atoms with Gasteiger partial charge in [-0.05, 0) is 61.4 Å². The maximum absolute atomic E-state index is 13.0. The molecule has 0 saturated carbocycles. The van der Waals surface area contributed by atoms with Crippen LogP contribution in [0.2, 0.25) is 10.0 Å². The van der Waals surface area contributed by atoms with Crippen molar-refractivity contribution in [1.29, 1.82) is 0 Å². The second-order valence-electron chi connectivity index (χ2n) is 6.81. The molecule has 7 nitrogen and oxygen atoms in total. The number of halogens is 2. The van der Waals surface area contributed by atoms with Crippen LogP contribution in [0, 0.1) is 0 Å². The van der Waals surface area contributed by atoms with E-state index in [1.165, 1.54) is 37.5 Å². The van der Waals surface area contributed by atoms with Gasteiger partial charge in [0.05, 0.1) is 23.9 Å². The van der Waals surface area contributed by atoms with Crippen LogP contribution in [0.5, 0.6) is 11.5 Å². The van der Waals surface area contributed by atoms with Gasteiger partial charge in [-0.2, -0.15) is 0 Å². The van der Waals surface area contributed by atoms with Crippen LogP contribution in [-0.2, 0) is 9.59 Å². The molecule has 1 heterocycles. The number of imide groups is 2. The van der Waals surface area contributed by atoms with Gasteiger partial charge in [-0.15, -0.1) is 0 Å². The normalized spacial score (nSPS) is 16.4. The van der Waals surface area contributed by atoms with E-state index < -0.39 is 17.8 Å². The van der Waals surface area contributed by atoms with Crippen molar-refractivity contribution in [3.05, 3.63) is 57.6 Å². The molecule has 4 amide bonds. The highest BCUT2D eigenvalue weighted by atomic mass is 35.5. The van der Waals surface area contributed by atoms with Crippen molar-refractivity contribution < 1.29 is 23.9 Å². The van der Waals surface area contributed by atoms with E-state index in [-0.39, 0.29) is 22.4 Å². The van der Waals surface area contributed by atoms with E-state index in [2.05, 4.69) is 5.32 Å². The fourth-order valence-electron chi connectivity index (χ4n) is 2.87. The number of nitrogens with one attached hydrogen (secondary N) is 1. The number of nitrogens with zero attached hydrogens (tertiary/aromatic N) is 1. The summed E-state index contributed by atoms with van der Waals surface area (Å²) < 4.78 is 11.2. The Morgan fingerprint density at radius 1 is 1.13 bits per heavy atom. The molecule has 0 bridgehead atoms. The van der Waals surface area contributed by atoms with Crippen molar-refractivity contribution in [2.24, 2.45) is 0 Å². The van der Waals surface area contributed by atoms with Gasteiger partial charge in [0.2, 0.25) is 0 Å². The second-order valence-corrected chi connectivity index (χ2v) is 7.65. The molecule has 1 atom stereocenters. The first-order valence-electron chi connectivity index (χ1n) is 9.46. The van der Waals surface area contributed by atoms with E-state index in [1.54, 1.807) is 12.1 Å². The minimum absolute atomic E-state index is 0.0831. The van der Waals surface area contributed by atoms with Gasteiger partial charge in [-0.25, -0.2) is 9.69 Å². The SMILES string of the molecule is CC[C@@H](C)Oc1c(Cl)cc(/C=C2\C(=O)NC(=O)N(c3ccc(Cl)cc3)C2=O)cc1OC. The summed E-state index contributed by atoms with van der Waals surface area (Å²) in [6.07, 6.45) is 2.03. The first kappa shape index (κ1) is 22.7. The average molecular weight is 463 g/mol. The van der Waals surface area contributed by atoms with Crippen molar-refractivity contribution >= 4 is 52.8 Å². The van der Waals surface area contributed by atoms with Gasteiger partial charge in [0.25, 0.3) is 11.8 Å². The largest absolute Gasteiger partial charge is 0.493 e. The zero-order chi connectivity index (χ0) is 22.7. The van der Waals surface area contributed by atoms with Crippen LogP contribution in [0.3, 0.4) is 0 Å². The lowest BCUT2D eigenvalue weighted by Gasteiger charge is -2.26. The van der Waals surface area contributed by atoms with Crippen LogP contribution < -0.4 is 19.7 Å². The number of hydrogen-bond acceptors (Lipinski definition) is 5. The number of anilines is 1. The molecule has 0 unspecified atom stereocenters. The van der Waals surface area contributed by atoms with Crippen LogP contribution in [0.4, 0.5) is 10.5 Å². The number of ether oxygens (including phenoxy) is 2. The summed E-state index contributed by atoms with van der Waals surface area (Å²) in [5, 5.41) is 2.88. The highest BCUT2D eigenvalue weighted by Gasteiger charge is 2.36. The number of carbonyl (C=O) groups excluding carboxylic acids is 3. The summed E-state index contributed by atoms with van der Waals surface area (Å²) in [6.45, 7) is 3.88. The van der Waals surface area contributed by atoms with E-state index in [9.17, 15) is 14.4 Å². The molecule has 1 aliphatic rings. The van der Waals surface area contributed by atoms with Gasteiger partial charge < -0.3 is 9.47 Å². The Morgan fingerprint density at radius 2 is 1.81 bits per heavy atom. The Kier molecular flexibility index (Phi) is 6.87. The van der Waals surface area contributed by atoms with Crippen molar-refractivity contribution in [1.82, 2.24) is 5.32 Å². The summed E-state index contributed by atoms with van der Waals surface area (Å²) in [4.78, 5) is 38.5. The number of urea groups is 1. The van der Waals surface area contributed by atoms with E-state index in [0.29, 0.717) is 22.1 Å². The van der Waals surface area contributed by atoms with E-state index >= 15 is 0 Å². The number of carbonyl (C=O) groups is 3. The smallest absolute Gasteiger partial charge is 0.335 e. The fraction of sp³-hybridized carbons (Fsp3) is 0.227. The van der Waals surface area contributed by atoms with Crippen molar-refractivity contribution in [3.63, 3.8) is 0 Å². The van der Waals surface area contributed by atoms with Gasteiger partial charge in [0, 0.05) is 5.02 Å². The minimum atomic E-state index is -0.845. The molecular weight excluding hydrogens is 443 g/mol. The molecule has 0 radical (unpaired) electrons. The maximum atomic E-state index is 13.0. The van der Waals surface area contributed by atoms with Crippen molar-refractivity contribution in [2.75, 3.05) is 12.0 Å². The van der Waals surface area contributed by atoms with Gasteiger partial charge in [-0.3, -0.25) is 14.9 Å². The van der Waals surface area contributed by atoms with Crippen LogP contribution in [0.15, 0.2) is 42.0 Å². The van der Waals surface area contributed by atoms with Gasteiger partial charge >= 0.3 is 6.03 Å². The lowest BCUT2D eigenvalue weighted by Crippen LogP contribution is -2.54. The Labute approximate surface area is 189 Å². The maximum Gasteiger partial charge on any atom is 0.335 e. The van der Waals surface area contributed by atoms with Crippen LogP contribution in [0.1, 0.15) is 25.8 Å². The fourth-order valence-corrected chi connectivity index (χ4v) is 3.26. The highest BCUT2D eigenvalue weighted by molar-refractivity contribution is 6.39. The van der Waals surface area contributed by atoms with Gasteiger partial charge in [0.1, 0.15) is 5.57 Å². The molecule has 31 heavy (non-hydrogen) atoms. The Morgan fingerprint density at radius 3 is 2.42 bits per heavy atom. The standard InChI is InChI=1S/C22H20Cl2N2O5/c1-4-12(2)31-19-17(24)10-13(11-18(19)30-3)9-16-20(27)25-22(29)26(21(16)28)15-7-5-14(23)6-8-15/h5-12H,4H2,1-3H3,(H,25,27,29)/b16-9+/t12-/m1/s1. The molecule has 1 fully saturated rings. The molecule has 2 aromatic carbocycles. The number of hydrogen-bond donors (Lipinski definition) is 1. The van der Waals surface area contributed by atoms with Crippen molar-refractivity contribution in [2.45, 2.75) is 26.4 Å². The minimum Gasteiger partial charge on any atom is -0.493 e. The first-order valence-corrected chi connectivity index (χ1v) is 10.2. The molecule has 3 rings (SSSR count). The molecule has 0 aliphatic carbocycles. The predicted octanol–water partition coefficient (Wildman–Crippen LogP) is 4.85. The van der Waals surface area contributed by atoms with Crippen LogP contribution >= 0.6 is 23.2 Å². The zero-order valence-corrected chi connectivity index (χ0v) is 18.6. The Balaban J connectivity index is 2.00. The summed E-state index contributed by atoms with van der Waals surface area (Å²) in [7, 11) is 1.46. The summed E-state index contributed by atoms with van der Waals surface area (Å²) >= 11 is 12.2. The van der Waals surface area contributed by atoms with Gasteiger partial charge in [0.15, 0.2) is 11.5 Å². The summed E-state index contributed by atoms with van der Waals surface area (Å²) in [6, 6.07) is 8.40. The van der Waals surface area contributed by atoms with E-state index in [0.717, 1.165) is 11.3 Å². The summed E-state index contributed by atoms with van der Waals surface area (Å²) in [5.41, 5.74) is 0.476. The third kappa shape index (κ3) is 4.84. The first-order chi connectivity index (χ1) is 14.7. The van der Waals surface area contributed by atoms with E-state index in [1.807, 2.05) is 13.8 Å². The number of rotatable bonds is 6. The number of amides is 4. The monoisotopic (exact) mass is 462 g/mol. The Bertz CT molecular complexity index is 1070. The lowest BCUT2D eigenvalue weighted by atomic mass is 10.1. The summed E-state index contributed by atoms with van der Waals surface area (Å²) in [5.74, 6) is -0.853. The number of benzene rings is 2. The molecule has 1 N–H and O–H groups in total. The molecule has 0 aromatic heterocycles. The molecule has 1 aliphatic heterocycles. The average Bonchev–Trinajstić information content (AvgIpc) is 2.73. The third-order valence-corrected chi connectivity index (χ3v) is 5.18. The molecule has 1 saturated heterocycles. The lowest BCUT2D eigenvalue weighted by molar-refractivity contribution is -0.122. The quantitative estimate of drug-likeness (QED) is 0.489. The van der Waals surface area contributed by atoms with Gasteiger partial charge in [-0.1, -0.05) is 30.1 Å². The molecule has 9 heteroatoms. The molecule has 2 aromatic rings. The topological polar surface area (TPSA) is 84.9 Å². The second kappa shape index (κ2) is 9.41. The molecule has 0 spiro atoms.